The van der Waals surface area contributed by atoms with Crippen LogP contribution in [-0.2, 0) is 0 Å². The maximum absolute atomic E-state index is 6.05. The first-order chi connectivity index (χ1) is 6.16. The van der Waals surface area contributed by atoms with Crippen molar-refractivity contribution in [2.75, 3.05) is 0 Å². The number of halogens is 2. The van der Waals surface area contributed by atoms with E-state index in [0.717, 1.165) is 21.1 Å². The van der Waals surface area contributed by atoms with Gasteiger partial charge >= 0.3 is 0 Å². The van der Waals surface area contributed by atoms with E-state index < -0.39 is 0 Å². The van der Waals surface area contributed by atoms with Gasteiger partial charge in [0.1, 0.15) is 4.34 Å². The third-order valence-corrected chi connectivity index (χ3v) is 4.92. The molecule has 13 heavy (non-hydrogen) atoms. The Labute approximate surface area is 95.4 Å². The second-order valence-corrected chi connectivity index (χ2v) is 6.10. The predicted molar refractivity (Wildman–Crippen MR) is 61.3 cm³/mol. The molecule has 1 nitrogen and oxygen atoms in total. The molecule has 1 atom stereocenters. The molecular weight excluding hydrogens is 270 g/mol. The van der Waals surface area contributed by atoms with Crippen LogP contribution in [-0.4, -0.2) is 0 Å². The second-order valence-electron chi connectivity index (χ2n) is 3.56. The molecule has 1 heterocycles. The summed E-state index contributed by atoms with van der Waals surface area (Å²) in [6.07, 6.45) is 3.82. The second kappa shape index (κ2) is 3.89. The Morgan fingerprint density at radius 1 is 1.69 bits per heavy atom. The molecule has 1 saturated carbocycles. The van der Waals surface area contributed by atoms with Crippen molar-refractivity contribution in [3.8, 4) is 0 Å². The minimum absolute atomic E-state index is 0.182. The summed E-state index contributed by atoms with van der Waals surface area (Å²) < 4.78 is 1.78. The minimum Gasteiger partial charge on any atom is -0.323 e. The largest absolute Gasteiger partial charge is 0.323 e. The first-order valence-corrected chi connectivity index (χ1v) is 6.36. The van der Waals surface area contributed by atoms with Crippen molar-refractivity contribution in [2.24, 2.45) is 11.7 Å². The van der Waals surface area contributed by atoms with Crippen LogP contribution in [0.25, 0.3) is 0 Å². The lowest BCUT2D eigenvalue weighted by Gasteiger charge is -2.06. The molecule has 1 aliphatic carbocycles. The smallest absolute Gasteiger partial charge is 0.107 e. The van der Waals surface area contributed by atoms with Gasteiger partial charge in [-0.05, 0) is 34.3 Å². The van der Waals surface area contributed by atoms with E-state index in [0.29, 0.717) is 0 Å². The van der Waals surface area contributed by atoms with Gasteiger partial charge in [0.05, 0.1) is 0 Å². The van der Waals surface area contributed by atoms with Crippen molar-refractivity contribution >= 4 is 38.9 Å². The van der Waals surface area contributed by atoms with Gasteiger partial charge in [-0.3, -0.25) is 0 Å². The molecule has 0 bridgehead atoms. The van der Waals surface area contributed by atoms with Gasteiger partial charge in [-0.15, -0.1) is 11.3 Å². The van der Waals surface area contributed by atoms with Gasteiger partial charge in [0.15, 0.2) is 0 Å². The van der Waals surface area contributed by atoms with Crippen LogP contribution in [0.4, 0.5) is 0 Å². The van der Waals surface area contributed by atoms with Gasteiger partial charge in [0, 0.05) is 15.4 Å². The van der Waals surface area contributed by atoms with Crippen molar-refractivity contribution in [3.63, 3.8) is 0 Å². The monoisotopic (exact) mass is 279 g/mol. The van der Waals surface area contributed by atoms with Crippen LogP contribution >= 0.6 is 38.9 Å². The molecule has 4 heteroatoms. The van der Waals surface area contributed by atoms with Crippen molar-refractivity contribution in [2.45, 2.75) is 25.3 Å². The zero-order valence-electron chi connectivity index (χ0n) is 7.09. The van der Waals surface area contributed by atoms with E-state index in [1.54, 1.807) is 11.3 Å². The van der Waals surface area contributed by atoms with E-state index in [2.05, 4.69) is 15.9 Å². The fraction of sp³-hybridized carbons (Fsp3) is 0.556. The summed E-state index contributed by atoms with van der Waals surface area (Å²) in [6, 6.07) is 2.22. The lowest BCUT2D eigenvalue weighted by molar-refractivity contribution is 0.605. The third-order valence-electron chi connectivity index (χ3n) is 2.31. The number of thiophene rings is 1. The summed E-state index contributed by atoms with van der Waals surface area (Å²) in [5.41, 5.74) is 6.05. The SMILES string of the molecule is NC(CC1CC1)c1cc(Br)c(Cl)s1. The summed E-state index contributed by atoms with van der Waals surface area (Å²) in [5.74, 6) is 0.870. The first-order valence-electron chi connectivity index (χ1n) is 4.37. The molecule has 0 radical (unpaired) electrons. The number of rotatable bonds is 3. The zero-order chi connectivity index (χ0) is 9.42. The molecule has 1 fully saturated rings. The summed E-state index contributed by atoms with van der Waals surface area (Å²) >= 11 is 10.9. The normalized spacial score (nSPS) is 19.0. The van der Waals surface area contributed by atoms with Gasteiger partial charge in [-0.25, -0.2) is 0 Å². The third kappa shape index (κ3) is 2.46. The highest BCUT2D eigenvalue weighted by Crippen LogP contribution is 2.40. The van der Waals surface area contributed by atoms with Gasteiger partial charge in [-0.1, -0.05) is 24.4 Å². The molecule has 72 valence electrons. The predicted octanol–water partition coefficient (Wildman–Crippen LogP) is 3.96. The molecule has 0 aromatic carbocycles. The molecule has 0 saturated heterocycles. The number of nitrogens with two attached hydrogens (primary N) is 1. The summed E-state index contributed by atoms with van der Waals surface area (Å²) in [6.45, 7) is 0. The van der Waals surface area contributed by atoms with Crippen LogP contribution in [0.15, 0.2) is 10.5 Å². The molecule has 2 N–H and O–H groups in total. The Morgan fingerprint density at radius 2 is 2.38 bits per heavy atom. The number of hydrogen-bond acceptors (Lipinski definition) is 2. The van der Waals surface area contributed by atoms with Crippen LogP contribution in [0.5, 0.6) is 0 Å². The van der Waals surface area contributed by atoms with Crippen molar-refractivity contribution in [1.29, 1.82) is 0 Å². The van der Waals surface area contributed by atoms with Gasteiger partial charge < -0.3 is 5.73 Å². The molecule has 1 aromatic heterocycles. The Hall–Kier alpha value is 0.430. The Bertz CT molecular complexity index is 289. The topological polar surface area (TPSA) is 26.0 Å². The lowest BCUT2D eigenvalue weighted by Crippen LogP contribution is -2.08. The molecule has 1 aromatic rings. The van der Waals surface area contributed by atoms with E-state index in [1.165, 1.54) is 17.7 Å². The fourth-order valence-corrected chi connectivity index (χ4v) is 3.13. The van der Waals surface area contributed by atoms with Crippen molar-refractivity contribution in [3.05, 3.63) is 19.8 Å². The molecule has 1 aliphatic rings. The highest BCUT2D eigenvalue weighted by atomic mass is 79.9. The zero-order valence-corrected chi connectivity index (χ0v) is 10.3. The van der Waals surface area contributed by atoms with Gasteiger partial charge in [0.2, 0.25) is 0 Å². The van der Waals surface area contributed by atoms with Crippen molar-refractivity contribution < 1.29 is 0 Å². The Balaban J connectivity index is 2.05. The van der Waals surface area contributed by atoms with E-state index in [1.807, 2.05) is 6.07 Å². The first kappa shape index (κ1) is 9.97. The maximum Gasteiger partial charge on any atom is 0.107 e. The minimum atomic E-state index is 0.182. The quantitative estimate of drug-likeness (QED) is 0.891. The molecule has 0 aliphatic heterocycles. The van der Waals surface area contributed by atoms with Crippen LogP contribution in [0.2, 0.25) is 4.34 Å². The fourth-order valence-electron chi connectivity index (χ4n) is 1.37. The maximum atomic E-state index is 6.05. The average Bonchev–Trinajstić information content (AvgIpc) is 2.81. The highest BCUT2D eigenvalue weighted by Gasteiger charge is 2.25. The van der Waals surface area contributed by atoms with Crippen LogP contribution in [0.1, 0.15) is 30.2 Å². The van der Waals surface area contributed by atoms with E-state index in [-0.39, 0.29) is 6.04 Å². The summed E-state index contributed by atoms with van der Waals surface area (Å²) in [4.78, 5) is 1.20. The molecule has 0 amide bonds. The van der Waals surface area contributed by atoms with Gasteiger partial charge in [0.25, 0.3) is 0 Å². The van der Waals surface area contributed by atoms with E-state index >= 15 is 0 Å². The van der Waals surface area contributed by atoms with E-state index in [4.69, 9.17) is 17.3 Å². The number of hydrogen-bond donors (Lipinski definition) is 1. The molecule has 2 rings (SSSR count). The average molecular weight is 281 g/mol. The van der Waals surface area contributed by atoms with Crippen LogP contribution < -0.4 is 5.73 Å². The molecule has 0 spiro atoms. The van der Waals surface area contributed by atoms with E-state index in [9.17, 15) is 0 Å². The highest BCUT2D eigenvalue weighted by molar-refractivity contribution is 9.10. The Kier molecular flexibility index (Phi) is 2.98. The van der Waals surface area contributed by atoms with Crippen molar-refractivity contribution in [1.82, 2.24) is 0 Å². The summed E-state index contributed by atoms with van der Waals surface area (Å²) in [5, 5.41) is 0. The summed E-state index contributed by atoms with van der Waals surface area (Å²) in [7, 11) is 0. The van der Waals surface area contributed by atoms with Gasteiger partial charge in [-0.2, -0.15) is 0 Å². The molecular formula is C9H11BrClNS. The van der Waals surface area contributed by atoms with Crippen LogP contribution in [0.3, 0.4) is 0 Å². The molecule has 1 unspecified atom stereocenters. The van der Waals surface area contributed by atoms with Crippen LogP contribution in [0, 0.1) is 5.92 Å². The lowest BCUT2D eigenvalue weighted by atomic mass is 10.1. The Morgan fingerprint density at radius 3 is 2.85 bits per heavy atom. The standard InChI is InChI=1S/C9H11BrClNS/c10-6-4-8(13-9(6)11)7(12)3-5-1-2-5/h4-5,7H,1-3,12H2.